The maximum Gasteiger partial charge on any atom is 0.0937 e. The number of rotatable bonds is 4. The highest BCUT2D eigenvalue weighted by Crippen LogP contribution is 2.25. The summed E-state index contributed by atoms with van der Waals surface area (Å²) in [5, 5.41) is 1.20. The fraction of sp³-hybridized carbons (Fsp3) is 0.625. The van der Waals surface area contributed by atoms with E-state index in [-0.39, 0.29) is 0 Å². The molecule has 1 heterocycles. The first-order valence-electron chi connectivity index (χ1n) is 4.12. The topological polar surface area (TPSA) is 38.9 Å². The summed E-state index contributed by atoms with van der Waals surface area (Å²) in [7, 11) is 0. The minimum Gasteiger partial charge on any atom is -0.330 e. The first kappa shape index (κ1) is 10.2. The molecule has 0 aliphatic carbocycles. The van der Waals surface area contributed by atoms with Gasteiger partial charge in [-0.05, 0) is 41.7 Å². The molecule has 0 aliphatic heterocycles. The molecule has 1 aromatic rings. The molecule has 1 aromatic heterocycles. The van der Waals surface area contributed by atoms with Gasteiger partial charge in [-0.2, -0.15) is 0 Å². The standard InChI is InChI=1S/C8H13BrN2S/c1-2-7-11-6(4-3-5-10)8(9)12-7/h2-5,10H2,1H3. The largest absolute Gasteiger partial charge is 0.330 e. The zero-order valence-electron chi connectivity index (χ0n) is 7.14. The van der Waals surface area contributed by atoms with Gasteiger partial charge >= 0.3 is 0 Å². The molecule has 0 atom stereocenters. The van der Waals surface area contributed by atoms with Crippen LogP contribution >= 0.6 is 27.3 Å². The molecule has 0 fully saturated rings. The molecule has 0 amide bonds. The molecule has 0 radical (unpaired) electrons. The zero-order valence-corrected chi connectivity index (χ0v) is 9.54. The molecule has 0 saturated heterocycles. The number of hydrogen-bond donors (Lipinski definition) is 1. The molecular formula is C8H13BrN2S. The van der Waals surface area contributed by atoms with Gasteiger partial charge < -0.3 is 5.73 Å². The monoisotopic (exact) mass is 248 g/mol. The van der Waals surface area contributed by atoms with Crippen LogP contribution in [0.25, 0.3) is 0 Å². The van der Waals surface area contributed by atoms with Crippen LogP contribution in [0.15, 0.2) is 3.79 Å². The van der Waals surface area contributed by atoms with Crippen molar-refractivity contribution in [1.29, 1.82) is 0 Å². The number of hydrogen-bond acceptors (Lipinski definition) is 3. The van der Waals surface area contributed by atoms with Crippen molar-refractivity contribution in [3.05, 3.63) is 14.5 Å². The Labute approximate surface area is 85.3 Å². The summed E-state index contributed by atoms with van der Waals surface area (Å²) in [6.45, 7) is 2.86. The summed E-state index contributed by atoms with van der Waals surface area (Å²) < 4.78 is 1.17. The number of thiazole rings is 1. The Morgan fingerprint density at radius 2 is 2.33 bits per heavy atom. The molecule has 0 spiro atoms. The Morgan fingerprint density at radius 1 is 1.58 bits per heavy atom. The Bertz CT molecular complexity index is 247. The van der Waals surface area contributed by atoms with Gasteiger partial charge in [-0.15, -0.1) is 11.3 Å². The fourth-order valence-corrected chi connectivity index (χ4v) is 2.57. The second-order valence-corrected chi connectivity index (χ2v) is 4.98. The number of nitrogens with zero attached hydrogens (tertiary/aromatic N) is 1. The Morgan fingerprint density at radius 3 is 2.83 bits per heavy atom. The van der Waals surface area contributed by atoms with Crippen molar-refractivity contribution in [2.24, 2.45) is 5.73 Å². The van der Waals surface area contributed by atoms with Gasteiger partial charge in [0, 0.05) is 0 Å². The lowest BCUT2D eigenvalue weighted by Gasteiger charge is -1.93. The van der Waals surface area contributed by atoms with Crippen LogP contribution in [0.3, 0.4) is 0 Å². The van der Waals surface area contributed by atoms with Crippen LogP contribution in [0.1, 0.15) is 24.0 Å². The van der Waals surface area contributed by atoms with Crippen LogP contribution in [0.2, 0.25) is 0 Å². The van der Waals surface area contributed by atoms with Gasteiger partial charge in [-0.1, -0.05) is 6.92 Å². The smallest absolute Gasteiger partial charge is 0.0937 e. The minimum atomic E-state index is 0.741. The van der Waals surface area contributed by atoms with E-state index in [1.54, 1.807) is 11.3 Å². The molecule has 0 saturated carbocycles. The van der Waals surface area contributed by atoms with Gasteiger partial charge in [0.25, 0.3) is 0 Å². The normalized spacial score (nSPS) is 10.6. The van der Waals surface area contributed by atoms with Crippen LogP contribution in [-0.4, -0.2) is 11.5 Å². The first-order chi connectivity index (χ1) is 5.77. The minimum absolute atomic E-state index is 0.741. The molecule has 0 aliphatic rings. The highest BCUT2D eigenvalue weighted by atomic mass is 79.9. The lowest BCUT2D eigenvalue weighted by molar-refractivity contribution is 0.808. The van der Waals surface area contributed by atoms with Crippen molar-refractivity contribution in [3.8, 4) is 0 Å². The summed E-state index contributed by atoms with van der Waals surface area (Å²) in [5.74, 6) is 0. The van der Waals surface area contributed by atoms with E-state index in [9.17, 15) is 0 Å². The van der Waals surface area contributed by atoms with Gasteiger partial charge in [-0.25, -0.2) is 4.98 Å². The average molecular weight is 249 g/mol. The van der Waals surface area contributed by atoms with Gasteiger partial charge in [0.05, 0.1) is 14.5 Å². The lowest BCUT2D eigenvalue weighted by atomic mass is 10.2. The van der Waals surface area contributed by atoms with E-state index in [0.29, 0.717) is 0 Å². The average Bonchev–Trinajstić information content (AvgIpc) is 2.43. The second-order valence-electron chi connectivity index (χ2n) is 2.57. The van der Waals surface area contributed by atoms with Crippen LogP contribution in [0.5, 0.6) is 0 Å². The van der Waals surface area contributed by atoms with Crippen molar-refractivity contribution in [2.45, 2.75) is 26.2 Å². The van der Waals surface area contributed by atoms with E-state index in [1.807, 2.05) is 0 Å². The maximum atomic E-state index is 5.43. The van der Waals surface area contributed by atoms with Crippen molar-refractivity contribution >= 4 is 27.3 Å². The molecule has 0 bridgehead atoms. The third kappa shape index (κ3) is 2.54. The number of halogens is 1. The van der Waals surface area contributed by atoms with Crippen molar-refractivity contribution < 1.29 is 0 Å². The number of nitrogens with two attached hydrogens (primary N) is 1. The lowest BCUT2D eigenvalue weighted by Crippen LogP contribution is -2.00. The quantitative estimate of drug-likeness (QED) is 0.889. The Balaban J connectivity index is 2.64. The third-order valence-electron chi connectivity index (χ3n) is 1.61. The molecule has 0 aromatic carbocycles. The molecular weight excluding hydrogens is 236 g/mol. The van der Waals surface area contributed by atoms with E-state index in [2.05, 4.69) is 27.8 Å². The fourth-order valence-electron chi connectivity index (χ4n) is 0.955. The second kappa shape index (κ2) is 4.94. The van der Waals surface area contributed by atoms with E-state index < -0.39 is 0 Å². The van der Waals surface area contributed by atoms with E-state index >= 15 is 0 Å². The molecule has 0 unspecified atom stereocenters. The van der Waals surface area contributed by atoms with E-state index in [4.69, 9.17) is 5.73 Å². The van der Waals surface area contributed by atoms with Gasteiger partial charge in [-0.3, -0.25) is 0 Å². The molecule has 1 rings (SSSR count). The van der Waals surface area contributed by atoms with Gasteiger partial charge in [0.1, 0.15) is 0 Å². The Hall–Kier alpha value is 0.0700. The summed E-state index contributed by atoms with van der Waals surface area (Å²) in [6.07, 6.45) is 3.03. The first-order valence-corrected chi connectivity index (χ1v) is 5.73. The molecule has 4 heteroatoms. The number of aryl methyl sites for hydroxylation is 2. The van der Waals surface area contributed by atoms with Crippen molar-refractivity contribution in [1.82, 2.24) is 4.98 Å². The molecule has 12 heavy (non-hydrogen) atoms. The van der Waals surface area contributed by atoms with Crippen LogP contribution in [-0.2, 0) is 12.8 Å². The van der Waals surface area contributed by atoms with Gasteiger partial charge in [0.15, 0.2) is 0 Å². The SMILES string of the molecule is CCc1nc(CCCN)c(Br)s1. The van der Waals surface area contributed by atoms with E-state index in [0.717, 1.165) is 25.8 Å². The van der Waals surface area contributed by atoms with Crippen LogP contribution in [0, 0.1) is 0 Å². The molecule has 2 nitrogen and oxygen atoms in total. The third-order valence-corrected chi connectivity index (χ3v) is 3.59. The van der Waals surface area contributed by atoms with Gasteiger partial charge in [0.2, 0.25) is 0 Å². The molecule has 2 N–H and O–H groups in total. The van der Waals surface area contributed by atoms with Crippen LogP contribution < -0.4 is 5.73 Å². The Kier molecular flexibility index (Phi) is 4.18. The van der Waals surface area contributed by atoms with Crippen LogP contribution in [0.4, 0.5) is 0 Å². The summed E-state index contributed by atoms with van der Waals surface area (Å²) >= 11 is 5.23. The highest BCUT2D eigenvalue weighted by Gasteiger charge is 2.06. The highest BCUT2D eigenvalue weighted by molar-refractivity contribution is 9.11. The molecule has 68 valence electrons. The van der Waals surface area contributed by atoms with Crippen molar-refractivity contribution in [2.75, 3.05) is 6.54 Å². The number of aromatic nitrogens is 1. The maximum absolute atomic E-state index is 5.43. The summed E-state index contributed by atoms with van der Waals surface area (Å²) in [4.78, 5) is 4.48. The van der Waals surface area contributed by atoms with E-state index in [1.165, 1.54) is 14.5 Å². The zero-order chi connectivity index (χ0) is 8.97. The summed E-state index contributed by atoms with van der Waals surface area (Å²) in [6, 6.07) is 0. The predicted molar refractivity (Wildman–Crippen MR) is 56.6 cm³/mol. The van der Waals surface area contributed by atoms with Crippen molar-refractivity contribution in [3.63, 3.8) is 0 Å². The predicted octanol–water partition coefficient (Wildman–Crippen LogP) is 2.36. The summed E-state index contributed by atoms with van der Waals surface area (Å²) in [5.41, 5.74) is 6.59.